The minimum absolute atomic E-state index is 0. The molecule has 0 spiro atoms. The van der Waals surface area contributed by atoms with Gasteiger partial charge in [0.2, 0.25) is 7.11 Å². The largest absolute Gasteiger partial charge is 0.424 e. The minimum atomic E-state index is -1.76. The van der Waals surface area contributed by atoms with Crippen LogP contribution in [0.5, 0.6) is 0 Å². The summed E-state index contributed by atoms with van der Waals surface area (Å²) in [5.41, 5.74) is 4.15. The van der Waals surface area contributed by atoms with Crippen molar-refractivity contribution in [2.24, 2.45) is 0 Å². The summed E-state index contributed by atoms with van der Waals surface area (Å²) >= 11 is 0. The zero-order valence-electron chi connectivity index (χ0n) is 42.2. The van der Waals surface area contributed by atoms with Crippen LogP contribution in [0.4, 0.5) is 0 Å². The fourth-order valence-corrected chi connectivity index (χ4v) is 2.54. The van der Waals surface area contributed by atoms with E-state index in [1.165, 1.54) is 12.5 Å². The summed E-state index contributed by atoms with van der Waals surface area (Å²) in [4.78, 5) is 0. The molecule has 0 saturated carbocycles. The first kappa shape index (κ1) is 79.5. The molecule has 0 aromatic rings. The standard InChI is InChI=1S/C6H16OSi.2C5H12Si.C4H12O2Si.C4H11O2Si.2C4H12OSi.C3H10OSi.C2H5.V/c1-5-6-8(3,4)7-2;2*1-5-6(2,3)4;2*1-5-7(3,4)6-2;2*1-5-6(2,3)4;1-4-5(2)3;1-2;/h5-6H2,1-4H3;2*5H,1H2,2-4H3;1-4H3;1H2,2-4H3;2*1-4H3;5H,1-3H3;1H2,2H3;/q;;;;+1;;;;-1;. The summed E-state index contributed by atoms with van der Waals surface area (Å²) in [6.07, 6.45) is 1.26. The fourth-order valence-electron chi connectivity index (χ4n) is 0.846. The molecule has 0 N–H and O–H groups in total. The molecule has 0 heterocycles. The summed E-state index contributed by atoms with van der Waals surface area (Å²) < 4.78 is 40.1. The van der Waals surface area contributed by atoms with Crippen LogP contribution in [-0.2, 0) is 54.0 Å². The van der Waals surface area contributed by atoms with Gasteiger partial charge in [-0.1, -0.05) is 52.6 Å². The molecule has 0 bridgehead atoms. The van der Waals surface area contributed by atoms with E-state index in [2.05, 4.69) is 150 Å². The van der Waals surface area contributed by atoms with E-state index in [1.807, 2.05) is 33.3 Å². The van der Waals surface area contributed by atoms with Crippen LogP contribution in [0.3, 0.4) is 0 Å². The molecule has 0 atom stereocenters. The van der Waals surface area contributed by atoms with Crippen LogP contribution in [-0.4, -0.2) is 117 Å². The Bertz CT molecular complexity index is 678. The normalized spacial score (nSPS) is 11.0. The molecule has 0 rings (SSSR count). The van der Waals surface area contributed by atoms with E-state index >= 15 is 0 Å². The summed E-state index contributed by atoms with van der Waals surface area (Å²) in [6.45, 7) is 57.7. The molecular formula is C37H102O8Si8V. The molecule has 0 aromatic heterocycles. The third-order valence-corrected chi connectivity index (χ3v) is 18.4. The van der Waals surface area contributed by atoms with Crippen molar-refractivity contribution >= 4 is 67.3 Å². The second kappa shape index (κ2) is 45.4. The maximum atomic E-state index is 5.32. The van der Waals surface area contributed by atoms with E-state index in [1.54, 1.807) is 49.6 Å². The summed E-state index contributed by atoms with van der Waals surface area (Å²) in [6, 6.07) is 1.28. The first-order valence-electron chi connectivity index (χ1n) is 18.6. The predicted octanol–water partition coefficient (Wildman–Crippen LogP) is 12.9. The third kappa shape index (κ3) is 124. The van der Waals surface area contributed by atoms with E-state index in [9.17, 15) is 0 Å². The Morgan fingerprint density at radius 2 is 0.722 bits per heavy atom. The van der Waals surface area contributed by atoms with Gasteiger partial charge in [0.15, 0.2) is 34.0 Å². The van der Waals surface area contributed by atoms with Crippen LogP contribution in [0.2, 0.25) is 137 Å². The van der Waals surface area contributed by atoms with Gasteiger partial charge in [0, 0.05) is 68.3 Å². The second-order valence-corrected chi connectivity index (χ2v) is 51.0. The van der Waals surface area contributed by atoms with Gasteiger partial charge in [0.25, 0.3) is 0 Å². The molecule has 0 fully saturated rings. The number of hydrogen-bond donors (Lipinski definition) is 0. The van der Waals surface area contributed by atoms with Crippen molar-refractivity contribution < 1.29 is 54.0 Å². The van der Waals surface area contributed by atoms with Crippen molar-refractivity contribution in [2.45, 2.75) is 157 Å². The van der Waals surface area contributed by atoms with Gasteiger partial charge in [-0.2, -0.15) is 6.92 Å². The molecule has 1 radical (unpaired) electrons. The molecule has 54 heavy (non-hydrogen) atoms. The van der Waals surface area contributed by atoms with Gasteiger partial charge in [-0.25, -0.2) is 4.43 Å². The SMILES string of the molecule is C=C[Si](C)(C)C.C=C[Si](C)(C)C.CCC[Si](C)(C)OC.CO[SiH](C)C.CO[Si](C)(C)C.CO[Si](C)(C)C.CO[Si](C)(C)OC.[CH2+]O[Si](C)(C)OC.[CH2-]C.[V]. The first-order valence-corrected chi connectivity index (χ1v) is 44.1. The average molecular weight is 951 g/mol. The molecule has 8 nitrogen and oxygen atoms in total. The van der Waals surface area contributed by atoms with Crippen molar-refractivity contribution in [2.75, 3.05) is 49.8 Å². The average Bonchev–Trinajstić information content (AvgIpc) is 3.06. The van der Waals surface area contributed by atoms with Crippen LogP contribution in [0.25, 0.3) is 0 Å². The Kier molecular flexibility index (Phi) is 66.9. The second-order valence-electron chi connectivity index (χ2n) is 17.3. The van der Waals surface area contributed by atoms with Crippen molar-refractivity contribution in [1.29, 1.82) is 0 Å². The Morgan fingerprint density at radius 3 is 0.741 bits per heavy atom. The zero-order valence-corrected chi connectivity index (χ0v) is 51.7. The van der Waals surface area contributed by atoms with Gasteiger partial charge in [0.1, 0.15) is 0 Å². The minimum Gasteiger partial charge on any atom is -0.424 e. The van der Waals surface area contributed by atoms with E-state index in [0.29, 0.717) is 0 Å². The van der Waals surface area contributed by atoms with Crippen molar-refractivity contribution in [3.63, 3.8) is 0 Å². The smallest absolute Gasteiger partial charge is 0.391 e. The van der Waals surface area contributed by atoms with Gasteiger partial charge in [-0.3, -0.25) is 0 Å². The van der Waals surface area contributed by atoms with Crippen molar-refractivity contribution in [3.05, 3.63) is 38.6 Å². The van der Waals surface area contributed by atoms with Gasteiger partial charge < -0.3 is 37.9 Å². The first-order chi connectivity index (χ1) is 23.4. The van der Waals surface area contributed by atoms with E-state index in [4.69, 9.17) is 35.4 Å². The quantitative estimate of drug-likeness (QED) is 0.141. The Balaban J connectivity index is -0.0000000509. The maximum Gasteiger partial charge on any atom is 0.391 e. The molecule has 0 unspecified atom stereocenters. The molecule has 0 saturated heterocycles. The topological polar surface area (TPSA) is 73.8 Å². The number of hydrogen-bond acceptors (Lipinski definition) is 8. The monoisotopic (exact) mass is 950 g/mol. The summed E-state index contributed by atoms with van der Waals surface area (Å²) in [5, 5.41) is 0. The van der Waals surface area contributed by atoms with E-state index in [0.717, 1.165) is 0 Å². The molecule has 0 amide bonds. The fraction of sp³-hybridized carbons (Fsp3) is 0.838. The molecule has 335 valence electrons. The van der Waals surface area contributed by atoms with Gasteiger partial charge >= 0.3 is 17.1 Å². The number of rotatable bonds is 12. The summed E-state index contributed by atoms with van der Waals surface area (Å²) in [7, 11) is 6.14. The van der Waals surface area contributed by atoms with E-state index in [-0.39, 0.29) is 18.6 Å². The zero-order chi connectivity index (χ0) is 45.6. The Morgan fingerprint density at radius 1 is 0.519 bits per heavy atom. The maximum absolute atomic E-state index is 5.32. The predicted molar refractivity (Wildman–Crippen MR) is 267 cm³/mol. The van der Waals surface area contributed by atoms with Gasteiger partial charge in [0.05, 0.1) is 16.1 Å². The van der Waals surface area contributed by atoms with Crippen LogP contribution in [0, 0.1) is 14.0 Å². The molecule has 0 aliphatic rings. The Labute approximate surface area is 364 Å². The van der Waals surface area contributed by atoms with Crippen molar-refractivity contribution in [3.8, 4) is 0 Å². The molecule has 0 aliphatic heterocycles. The Hall–Kier alpha value is 1.35. The van der Waals surface area contributed by atoms with Gasteiger partial charge in [-0.05, 0) is 97.7 Å². The molecule has 0 aromatic carbocycles. The molecule has 17 heteroatoms. The third-order valence-electron chi connectivity index (χ3n) is 6.15. The van der Waals surface area contributed by atoms with Crippen LogP contribution < -0.4 is 0 Å². The van der Waals surface area contributed by atoms with Crippen LogP contribution in [0.1, 0.15) is 20.3 Å². The van der Waals surface area contributed by atoms with Crippen LogP contribution >= 0.6 is 0 Å². The van der Waals surface area contributed by atoms with E-state index < -0.39 is 67.3 Å². The molecular weight excluding hydrogens is 848 g/mol. The van der Waals surface area contributed by atoms with Crippen LogP contribution in [0.15, 0.2) is 24.6 Å². The summed E-state index contributed by atoms with van der Waals surface area (Å²) in [5.74, 6) is 0. The van der Waals surface area contributed by atoms with Gasteiger partial charge in [-0.15, -0.1) is 24.6 Å². The van der Waals surface area contributed by atoms with Crippen molar-refractivity contribution in [1.82, 2.24) is 0 Å². The molecule has 0 aliphatic carbocycles.